The number of amides is 2. The molecule has 0 aliphatic heterocycles. The van der Waals surface area contributed by atoms with Crippen molar-refractivity contribution in [1.29, 1.82) is 0 Å². The number of ether oxygens (including phenoxy) is 1. The van der Waals surface area contributed by atoms with Gasteiger partial charge < -0.3 is 15.0 Å². The minimum Gasteiger partial charge on any atom is -0.483 e. The van der Waals surface area contributed by atoms with Crippen molar-refractivity contribution in [2.24, 2.45) is 5.92 Å². The standard InChI is InChI=1S/C30H34BrClN2O3/c1-4-22-12-15-28(26(31)16-22)37-20-29(35)34(19-24-10-13-25(32)14-11-24)27(30(36)33-18-21(2)3)17-23-8-6-5-7-9-23/h5-16,21,27H,4,17-20H2,1-3H3,(H,33,36). The molecular weight excluding hydrogens is 552 g/mol. The molecule has 196 valence electrons. The molecule has 0 heterocycles. The number of nitrogens with zero attached hydrogens (tertiary/aromatic N) is 1. The Morgan fingerprint density at radius 1 is 0.973 bits per heavy atom. The van der Waals surface area contributed by atoms with Crippen molar-refractivity contribution in [3.05, 3.63) is 99.0 Å². The summed E-state index contributed by atoms with van der Waals surface area (Å²) in [5, 5.41) is 3.64. The van der Waals surface area contributed by atoms with Gasteiger partial charge in [0.25, 0.3) is 5.91 Å². The lowest BCUT2D eigenvalue weighted by molar-refractivity contribution is -0.142. The van der Waals surface area contributed by atoms with Crippen molar-refractivity contribution >= 4 is 39.3 Å². The fourth-order valence-electron chi connectivity index (χ4n) is 3.87. The van der Waals surface area contributed by atoms with Crippen molar-refractivity contribution in [1.82, 2.24) is 10.2 Å². The average molecular weight is 586 g/mol. The van der Waals surface area contributed by atoms with E-state index in [0.29, 0.717) is 23.7 Å². The molecular formula is C30H34BrClN2O3. The van der Waals surface area contributed by atoms with Crippen molar-refractivity contribution in [3.63, 3.8) is 0 Å². The van der Waals surface area contributed by atoms with E-state index in [0.717, 1.165) is 22.0 Å². The first-order chi connectivity index (χ1) is 17.8. The van der Waals surface area contributed by atoms with Crippen LogP contribution in [0.4, 0.5) is 0 Å². The first kappa shape index (κ1) is 28.7. The predicted molar refractivity (Wildman–Crippen MR) is 153 cm³/mol. The van der Waals surface area contributed by atoms with Crippen LogP contribution >= 0.6 is 27.5 Å². The number of aryl methyl sites for hydroxylation is 1. The van der Waals surface area contributed by atoms with Crippen LogP contribution in [0.25, 0.3) is 0 Å². The summed E-state index contributed by atoms with van der Waals surface area (Å²) in [5.74, 6) is 0.407. The first-order valence-electron chi connectivity index (χ1n) is 12.5. The Morgan fingerprint density at radius 3 is 2.27 bits per heavy atom. The number of benzene rings is 3. The second kappa shape index (κ2) is 14.2. The lowest BCUT2D eigenvalue weighted by atomic mass is 10.0. The highest BCUT2D eigenvalue weighted by molar-refractivity contribution is 9.10. The normalized spacial score (nSPS) is 11.7. The largest absolute Gasteiger partial charge is 0.483 e. The van der Waals surface area contributed by atoms with Gasteiger partial charge in [-0.3, -0.25) is 9.59 Å². The Bertz CT molecular complexity index is 1170. The second-order valence-electron chi connectivity index (χ2n) is 9.40. The lowest BCUT2D eigenvalue weighted by Gasteiger charge is -2.31. The molecule has 0 fully saturated rings. The van der Waals surface area contributed by atoms with E-state index >= 15 is 0 Å². The van der Waals surface area contributed by atoms with Gasteiger partial charge in [-0.2, -0.15) is 0 Å². The zero-order valence-corrected chi connectivity index (χ0v) is 23.9. The molecule has 3 rings (SSSR count). The van der Waals surface area contributed by atoms with Crippen molar-refractivity contribution in [2.75, 3.05) is 13.2 Å². The summed E-state index contributed by atoms with van der Waals surface area (Å²) >= 11 is 9.63. The summed E-state index contributed by atoms with van der Waals surface area (Å²) in [6.45, 7) is 6.75. The van der Waals surface area contributed by atoms with E-state index in [1.54, 1.807) is 17.0 Å². The zero-order valence-electron chi connectivity index (χ0n) is 21.5. The number of hydrogen-bond acceptors (Lipinski definition) is 3. The lowest BCUT2D eigenvalue weighted by Crippen LogP contribution is -2.52. The number of rotatable bonds is 12. The van der Waals surface area contributed by atoms with E-state index in [9.17, 15) is 9.59 Å². The van der Waals surface area contributed by atoms with Crippen LogP contribution in [0, 0.1) is 5.92 Å². The number of carbonyl (C=O) groups is 2. The fourth-order valence-corrected chi connectivity index (χ4v) is 4.53. The van der Waals surface area contributed by atoms with Crippen molar-refractivity contribution < 1.29 is 14.3 Å². The molecule has 0 bridgehead atoms. The monoisotopic (exact) mass is 584 g/mol. The molecule has 37 heavy (non-hydrogen) atoms. The van der Waals surface area contributed by atoms with Gasteiger partial charge in [0.15, 0.2) is 6.61 Å². The second-order valence-corrected chi connectivity index (χ2v) is 10.7. The van der Waals surface area contributed by atoms with Gasteiger partial charge in [-0.05, 0) is 69.2 Å². The van der Waals surface area contributed by atoms with Crippen LogP contribution in [-0.2, 0) is 29.0 Å². The Kier molecular flexibility index (Phi) is 11.0. The van der Waals surface area contributed by atoms with Crippen LogP contribution in [-0.4, -0.2) is 35.9 Å². The van der Waals surface area contributed by atoms with Crippen molar-refractivity contribution in [3.8, 4) is 5.75 Å². The number of hydrogen-bond donors (Lipinski definition) is 1. The van der Waals surface area contributed by atoms with E-state index in [-0.39, 0.29) is 30.9 Å². The van der Waals surface area contributed by atoms with Gasteiger partial charge in [-0.15, -0.1) is 0 Å². The highest BCUT2D eigenvalue weighted by Crippen LogP contribution is 2.26. The zero-order chi connectivity index (χ0) is 26.8. The van der Waals surface area contributed by atoms with E-state index in [1.165, 1.54) is 5.56 Å². The number of nitrogens with one attached hydrogen (secondary N) is 1. The summed E-state index contributed by atoms with van der Waals surface area (Å²) in [5.41, 5.74) is 3.01. The Hall–Kier alpha value is -2.83. The molecule has 5 nitrogen and oxygen atoms in total. The van der Waals surface area contributed by atoms with Gasteiger partial charge in [0, 0.05) is 24.5 Å². The molecule has 0 aromatic heterocycles. The Balaban J connectivity index is 1.89. The summed E-state index contributed by atoms with van der Waals surface area (Å²) in [6.07, 6.45) is 1.29. The minimum atomic E-state index is -0.709. The molecule has 0 saturated heterocycles. The maximum atomic E-state index is 13.7. The van der Waals surface area contributed by atoms with Crippen LogP contribution < -0.4 is 10.1 Å². The molecule has 0 spiro atoms. The van der Waals surface area contributed by atoms with E-state index < -0.39 is 6.04 Å². The Morgan fingerprint density at radius 2 is 1.65 bits per heavy atom. The third kappa shape index (κ3) is 8.90. The van der Waals surface area contributed by atoms with Gasteiger partial charge in [0.2, 0.25) is 5.91 Å². The molecule has 0 saturated carbocycles. The quantitative estimate of drug-likeness (QED) is 0.266. The molecule has 7 heteroatoms. The average Bonchev–Trinajstić information content (AvgIpc) is 2.90. The van der Waals surface area contributed by atoms with Crippen LogP contribution in [0.3, 0.4) is 0 Å². The molecule has 0 aliphatic rings. The van der Waals surface area contributed by atoms with Gasteiger partial charge in [0.1, 0.15) is 11.8 Å². The van der Waals surface area contributed by atoms with Crippen LogP contribution in [0.5, 0.6) is 5.75 Å². The number of carbonyl (C=O) groups excluding carboxylic acids is 2. The predicted octanol–water partition coefficient (Wildman–Crippen LogP) is 6.46. The van der Waals surface area contributed by atoms with Gasteiger partial charge in [-0.1, -0.05) is 80.9 Å². The number of halogens is 2. The highest BCUT2D eigenvalue weighted by Gasteiger charge is 2.30. The smallest absolute Gasteiger partial charge is 0.261 e. The fraction of sp³-hybridized carbons (Fsp3) is 0.333. The molecule has 1 unspecified atom stereocenters. The molecule has 2 amide bonds. The summed E-state index contributed by atoms with van der Waals surface area (Å²) < 4.78 is 6.71. The molecule has 0 radical (unpaired) electrons. The maximum absolute atomic E-state index is 13.7. The summed E-state index contributed by atoms with van der Waals surface area (Å²) in [4.78, 5) is 28.8. The molecule has 1 atom stereocenters. The molecule has 3 aromatic carbocycles. The first-order valence-corrected chi connectivity index (χ1v) is 13.7. The third-order valence-corrected chi connectivity index (χ3v) is 6.85. The summed E-state index contributed by atoms with van der Waals surface area (Å²) in [6, 6.07) is 22.2. The van der Waals surface area contributed by atoms with E-state index in [2.05, 4.69) is 28.2 Å². The van der Waals surface area contributed by atoms with Gasteiger partial charge >= 0.3 is 0 Å². The molecule has 3 aromatic rings. The topological polar surface area (TPSA) is 58.6 Å². The van der Waals surface area contributed by atoms with Crippen LogP contribution in [0.1, 0.15) is 37.5 Å². The van der Waals surface area contributed by atoms with Crippen molar-refractivity contribution in [2.45, 2.75) is 46.2 Å². The highest BCUT2D eigenvalue weighted by atomic mass is 79.9. The summed E-state index contributed by atoms with van der Waals surface area (Å²) in [7, 11) is 0. The van der Waals surface area contributed by atoms with Gasteiger partial charge in [0.05, 0.1) is 4.47 Å². The van der Waals surface area contributed by atoms with E-state index in [4.69, 9.17) is 16.3 Å². The van der Waals surface area contributed by atoms with E-state index in [1.807, 2.05) is 74.5 Å². The van der Waals surface area contributed by atoms with Crippen LogP contribution in [0.15, 0.2) is 77.3 Å². The maximum Gasteiger partial charge on any atom is 0.261 e. The van der Waals surface area contributed by atoms with Crippen LogP contribution in [0.2, 0.25) is 5.02 Å². The molecule has 0 aliphatic carbocycles. The minimum absolute atomic E-state index is 0.187. The van der Waals surface area contributed by atoms with Gasteiger partial charge in [-0.25, -0.2) is 0 Å². The SMILES string of the molecule is CCc1ccc(OCC(=O)N(Cc2ccc(Cl)cc2)C(Cc2ccccc2)C(=O)NCC(C)C)c(Br)c1. The Labute approximate surface area is 233 Å². The molecule has 1 N–H and O–H groups in total. The third-order valence-electron chi connectivity index (χ3n) is 5.98.